The Labute approximate surface area is 93.5 Å². The van der Waals surface area contributed by atoms with E-state index in [2.05, 4.69) is 19.2 Å². The molecule has 2 aliphatic carbocycles. The van der Waals surface area contributed by atoms with Crippen molar-refractivity contribution in [3.05, 3.63) is 0 Å². The summed E-state index contributed by atoms with van der Waals surface area (Å²) in [6.45, 7) is 4.75. The third kappa shape index (κ3) is 2.73. The summed E-state index contributed by atoms with van der Waals surface area (Å²) in [4.78, 5) is 0. The monoisotopic (exact) mass is 211 g/mol. The maximum atomic E-state index is 9.34. The van der Waals surface area contributed by atoms with Crippen molar-refractivity contribution < 1.29 is 5.11 Å². The molecule has 2 rings (SSSR count). The average Bonchev–Trinajstić information content (AvgIpc) is 2.77. The second kappa shape index (κ2) is 4.84. The smallest absolute Gasteiger partial charge is 0.0584 e. The molecule has 2 heteroatoms. The number of aliphatic hydroxyl groups excluding tert-OH is 1. The summed E-state index contributed by atoms with van der Waals surface area (Å²) in [6.07, 6.45) is 6.78. The Hall–Kier alpha value is -0.0800. The van der Waals surface area contributed by atoms with Crippen LogP contribution in [0.2, 0.25) is 0 Å². The fraction of sp³-hybridized carbons (Fsp3) is 1.00. The van der Waals surface area contributed by atoms with Crippen LogP contribution in [0.4, 0.5) is 0 Å². The quantitative estimate of drug-likeness (QED) is 0.730. The van der Waals surface area contributed by atoms with E-state index in [4.69, 9.17) is 0 Å². The Morgan fingerprint density at radius 3 is 2.53 bits per heavy atom. The highest BCUT2D eigenvalue weighted by Crippen LogP contribution is 2.44. The molecule has 2 aliphatic rings. The van der Waals surface area contributed by atoms with Gasteiger partial charge in [0.25, 0.3) is 0 Å². The van der Waals surface area contributed by atoms with Gasteiger partial charge in [-0.1, -0.05) is 20.3 Å². The Morgan fingerprint density at radius 2 is 2.07 bits per heavy atom. The molecule has 0 radical (unpaired) electrons. The van der Waals surface area contributed by atoms with Crippen LogP contribution in [0.1, 0.15) is 46.0 Å². The lowest BCUT2D eigenvalue weighted by Gasteiger charge is -2.28. The van der Waals surface area contributed by atoms with Gasteiger partial charge in [-0.25, -0.2) is 0 Å². The van der Waals surface area contributed by atoms with Crippen molar-refractivity contribution >= 4 is 0 Å². The molecule has 2 bridgehead atoms. The third-order valence-electron chi connectivity index (χ3n) is 4.16. The van der Waals surface area contributed by atoms with Crippen molar-refractivity contribution in [2.24, 2.45) is 17.8 Å². The molecule has 0 unspecified atom stereocenters. The molecule has 2 saturated carbocycles. The molecular formula is C13H25NO. The molecule has 15 heavy (non-hydrogen) atoms. The van der Waals surface area contributed by atoms with E-state index in [0.717, 1.165) is 18.3 Å². The van der Waals surface area contributed by atoms with Crippen LogP contribution < -0.4 is 5.32 Å². The van der Waals surface area contributed by atoms with E-state index in [1.807, 2.05) is 0 Å². The molecule has 2 N–H and O–H groups in total. The van der Waals surface area contributed by atoms with Gasteiger partial charge in [-0.3, -0.25) is 0 Å². The zero-order valence-corrected chi connectivity index (χ0v) is 10.1. The van der Waals surface area contributed by atoms with Crippen molar-refractivity contribution in [3.63, 3.8) is 0 Å². The minimum atomic E-state index is 0.298. The van der Waals surface area contributed by atoms with Gasteiger partial charge < -0.3 is 10.4 Å². The first kappa shape index (κ1) is 11.4. The van der Waals surface area contributed by atoms with E-state index >= 15 is 0 Å². The lowest BCUT2D eigenvalue weighted by Crippen LogP contribution is -2.43. The van der Waals surface area contributed by atoms with Crippen molar-refractivity contribution in [2.75, 3.05) is 6.61 Å². The van der Waals surface area contributed by atoms with Crippen LogP contribution in [0.25, 0.3) is 0 Å². The van der Waals surface area contributed by atoms with Crippen LogP contribution >= 0.6 is 0 Å². The highest BCUT2D eigenvalue weighted by Gasteiger charge is 2.39. The molecular weight excluding hydrogens is 186 g/mol. The summed E-state index contributed by atoms with van der Waals surface area (Å²) >= 11 is 0. The molecule has 0 aliphatic heterocycles. The second-order valence-electron chi connectivity index (χ2n) is 5.96. The van der Waals surface area contributed by atoms with Crippen LogP contribution in [0.5, 0.6) is 0 Å². The Kier molecular flexibility index (Phi) is 3.68. The Balaban J connectivity index is 1.79. The predicted molar refractivity (Wildman–Crippen MR) is 62.7 cm³/mol. The first-order valence-corrected chi connectivity index (χ1v) is 6.56. The van der Waals surface area contributed by atoms with Gasteiger partial charge in [0.05, 0.1) is 6.61 Å². The van der Waals surface area contributed by atoms with E-state index in [0.29, 0.717) is 24.6 Å². The van der Waals surface area contributed by atoms with Gasteiger partial charge in [-0.05, 0) is 43.4 Å². The highest BCUT2D eigenvalue weighted by molar-refractivity contribution is 4.95. The fourth-order valence-corrected chi connectivity index (χ4v) is 3.52. The third-order valence-corrected chi connectivity index (χ3v) is 4.16. The molecule has 88 valence electrons. The summed E-state index contributed by atoms with van der Waals surface area (Å²) < 4.78 is 0. The van der Waals surface area contributed by atoms with Gasteiger partial charge in [-0.15, -0.1) is 0 Å². The first-order chi connectivity index (χ1) is 7.19. The standard InChI is InChI=1S/C13H25NO/c1-9(2)5-12(8-15)14-13-7-10-3-4-11(13)6-10/h9-15H,3-8H2,1-2H3/t10-,11-,12+,13-/m0/s1. The summed E-state index contributed by atoms with van der Waals surface area (Å²) in [5.41, 5.74) is 0. The molecule has 0 spiro atoms. The van der Waals surface area contributed by atoms with Gasteiger partial charge in [0.2, 0.25) is 0 Å². The van der Waals surface area contributed by atoms with E-state index in [-0.39, 0.29) is 0 Å². The van der Waals surface area contributed by atoms with Crippen LogP contribution in [0, 0.1) is 17.8 Å². The van der Waals surface area contributed by atoms with Crippen molar-refractivity contribution in [1.29, 1.82) is 0 Å². The summed E-state index contributed by atoms with van der Waals surface area (Å²) in [6, 6.07) is 1.04. The first-order valence-electron chi connectivity index (χ1n) is 6.56. The molecule has 2 fully saturated rings. The maximum absolute atomic E-state index is 9.34. The van der Waals surface area contributed by atoms with Crippen molar-refractivity contribution in [1.82, 2.24) is 5.32 Å². The highest BCUT2D eigenvalue weighted by atomic mass is 16.3. The number of hydrogen-bond acceptors (Lipinski definition) is 2. The number of fused-ring (bicyclic) bond motifs is 2. The van der Waals surface area contributed by atoms with E-state index < -0.39 is 0 Å². The molecule has 0 amide bonds. The molecule has 0 heterocycles. The van der Waals surface area contributed by atoms with E-state index in [9.17, 15) is 5.11 Å². The number of rotatable bonds is 5. The summed E-state index contributed by atoms with van der Waals surface area (Å²) in [5, 5.41) is 13.0. The lowest BCUT2D eigenvalue weighted by molar-refractivity contribution is 0.197. The van der Waals surface area contributed by atoms with Crippen LogP contribution in [-0.2, 0) is 0 Å². The fourth-order valence-electron chi connectivity index (χ4n) is 3.52. The number of hydrogen-bond donors (Lipinski definition) is 2. The molecule has 0 aromatic carbocycles. The average molecular weight is 211 g/mol. The predicted octanol–water partition coefficient (Wildman–Crippen LogP) is 2.17. The second-order valence-corrected chi connectivity index (χ2v) is 5.96. The normalized spacial score (nSPS) is 36.4. The van der Waals surface area contributed by atoms with Gasteiger partial charge in [0.1, 0.15) is 0 Å². The van der Waals surface area contributed by atoms with Gasteiger partial charge in [-0.2, -0.15) is 0 Å². The molecule has 0 aromatic rings. The van der Waals surface area contributed by atoms with Crippen LogP contribution in [0.3, 0.4) is 0 Å². The SMILES string of the molecule is CC(C)C[C@H](CO)N[C@H]1C[C@H]2CC[C@H]1C2. The molecule has 0 aromatic heterocycles. The Morgan fingerprint density at radius 1 is 1.27 bits per heavy atom. The van der Waals surface area contributed by atoms with Crippen LogP contribution in [-0.4, -0.2) is 23.8 Å². The zero-order chi connectivity index (χ0) is 10.8. The minimum absolute atomic E-state index is 0.298. The number of nitrogens with one attached hydrogen (secondary N) is 1. The lowest BCUT2D eigenvalue weighted by atomic mass is 9.93. The van der Waals surface area contributed by atoms with E-state index in [1.54, 1.807) is 0 Å². The largest absolute Gasteiger partial charge is 0.395 e. The molecule has 2 nitrogen and oxygen atoms in total. The van der Waals surface area contributed by atoms with Crippen molar-refractivity contribution in [2.45, 2.75) is 58.0 Å². The number of aliphatic hydroxyl groups is 1. The van der Waals surface area contributed by atoms with Gasteiger partial charge in [0.15, 0.2) is 0 Å². The zero-order valence-electron chi connectivity index (χ0n) is 10.1. The topological polar surface area (TPSA) is 32.3 Å². The van der Waals surface area contributed by atoms with Gasteiger partial charge in [0, 0.05) is 12.1 Å². The van der Waals surface area contributed by atoms with E-state index in [1.165, 1.54) is 25.7 Å². The molecule has 4 atom stereocenters. The molecule has 0 saturated heterocycles. The summed E-state index contributed by atoms with van der Waals surface area (Å²) in [7, 11) is 0. The van der Waals surface area contributed by atoms with Crippen LogP contribution in [0.15, 0.2) is 0 Å². The summed E-state index contributed by atoms with van der Waals surface area (Å²) in [5.74, 6) is 2.58. The Bertz CT molecular complexity index is 205. The minimum Gasteiger partial charge on any atom is -0.395 e. The van der Waals surface area contributed by atoms with Gasteiger partial charge >= 0.3 is 0 Å². The van der Waals surface area contributed by atoms with Crippen molar-refractivity contribution in [3.8, 4) is 0 Å². The maximum Gasteiger partial charge on any atom is 0.0584 e.